The number of anilines is 9. The standard InChI is InChI=1S/C63H51BN4S/c1-38-34-55-59-56(35-38)68-52-19-12-16-48-45-14-8-10-18-51(45)67(60(48)52)53-20-13-17-50(61(53)68)64(59)49-33-31-43(36-54(49)66(55)44-30-32-47-46-15-9-11-21-57(46)69-58(47)37-44)65(41-26-22-39(23-27-41)62(2,3)4)42-28-24-40(25-29-42)63(5,6)7/h8-37H,1-7H3. The number of hydrogen-bond donors (Lipinski definition) is 0. The van der Waals surface area contributed by atoms with Crippen molar-refractivity contribution in [3.8, 4) is 5.69 Å². The Bertz CT molecular complexity index is 3900. The smallest absolute Gasteiger partial charge is 0.252 e. The molecule has 14 rings (SSSR count). The van der Waals surface area contributed by atoms with Crippen LogP contribution < -0.4 is 31.1 Å². The topological polar surface area (TPSA) is 14.7 Å². The fourth-order valence-electron chi connectivity index (χ4n) is 12.0. The van der Waals surface area contributed by atoms with Crippen molar-refractivity contribution in [2.24, 2.45) is 0 Å². The quantitative estimate of drug-likeness (QED) is 0.164. The maximum absolute atomic E-state index is 2.60. The molecule has 11 aromatic rings. The van der Waals surface area contributed by atoms with Crippen LogP contribution in [0.25, 0.3) is 47.7 Å². The zero-order valence-electron chi connectivity index (χ0n) is 40.1. The third-order valence-electron chi connectivity index (χ3n) is 15.2. The minimum absolute atomic E-state index is 0.0108. The minimum Gasteiger partial charge on any atom is -0.311 e. The Morgan fingerprint density at radius 1 is 0.449 bits per heavy atom. The third-order valence-corrected chi connectivity index (χ3v) is 16.3. The zero-order valence-corrected chi connectivity index (χ0v) is 40.9. The van der Waals surface area contributed by atoms with Crippen molar-refractivity contribution >= 4 is 128 Å². The van der Waals surface area contributed by atoms with E-state index in [-0.39, 0.29) is 17.5 Å². The Labute approximate surface area is 408 Å². The fourth-order valence-corrected chi connectivity index (χ4v) is 13.1. The molecule has 2 aromatic heterocycles. The van der Waals surface area contributed by atoms with Gasteiger partial charge in [-0.05, 0) is 136 Å². The molecule has 5 heterocycles. The molecule has 0 radical (unpaired) electrons. The fraction of sp³-hybridized carbons (Fsp3) is 0.143. The van der Waals surface area contributed by atoms with Crippen LogP contribution >= 0.6 is 11.3 Å². The summed E-state index contributed by atoms with van der Waals surface area (Å²) in [4.78, 5) is 7.64. The van der Waals surface area contributed by atoms with Crippen LogP contribution in [0.4, 0.5) is 51.2 Å². The summed E-state index contributed by atoms with van der Waals surface area (Å²) in [6.07, 6.45) is 0. The van der Waals surface area contributed by atoms with Gasteiger partial charge in [0.15, 0.2) is 0 Å². The number of para-hydroxylation sites is 3. The first kappa shape index (κ1) is 40.5. The molecule has 0 N–H and O–H groups in total. The summed E-state index contributed by atoms with van der Waals surface area (Å²) in [5.41, 5.74) is 22.4. The van der Waals surface area contributed by atoms with Gasteiger partial charge in [0.05, 0.1) is 28.1 Å². The maximum atomic E-state index is 2.60. The lowest BCUT2D eigenvalue weighted by atomic mass is 9.33. The lowest BCUT2D eigenvalue weighted by Gasteiger charge is -2.46. The van der Waals surface area contributed by atoms with Crippen LogP contribution in [0.3, 0.4) is 0 Å². The highest BCUT2D eigenvalue weighted by molar-refractivity contribution is 7.25. The molecule has 0 aliphatic carbocycles. The summed E-state index contributed by atoms with van der Waals surface area (Å²) in [5.74, 6) is 0. The highest BCUT2D eigenvalue weighted by Crippen LogP contribution is 2.53. The Morgan fingerprint density at radius 2 is 1.06 bits per heavy atom. The molecule has 0 unspecified atom stereocenters. The molecule has 332 valence electrons. The van der Waals surface area contributed by atoms with Gasteiger partial charge in [-0.3, -0.25) is 0 Å². The van der Waals surface area contributed by atoms with Gasteiger partial charge in [-0.1, -0.05) is 139 Å². The lowest BCUT2D eigenvalue weighted by molar-refractivity contribution is 0.590. The molecule has 0 saturated heterocycles. The van der Waals surface area contributed by atoms with E-state index in [1.54, 1.807) is 0 Å². The first-order valence-corrected chi connectivity index (χ1v) is 25.2. The predicted molar refractivity (Wildman–Crippen MR) is 298 cm³/mol. The van der Waals surface area contributed by atoms with Gasteiger partial charge in [0.1, 0.15) is 0 Å². The van der Waals surface area contributed by atoms with Crippen molar-refractivity contribution in [3.63, 3.8) is 0 Å². The van der Waals surface area contributed by atoms with Crippen molar-refractivity contribution in [3.05, 3.63) is 199 Å². The second kappa shape index (κ2) is 14.3. The first-order valence-electron chi connectivity index (χ1n) is 24.4. The van der Waals surface area contributed by atoms with E-state index in [2.05, 4.69) is 250 Å². The Morgan fingerprint density at radius 3 is 1.78 bits per heavy atom. The van der Waals surface area contributed by atoms with Gasteiger partial charge in [0.25, 0.3) is 6.71 Å². The number of fused-ring (bicyclic) bond motifs is 12. The average Bonchev–Trinajstić information content (AvgIpc) is 3.89. The van der Waals surface area contributed by atoms with E-state index in [9.17, 15) is 0 Å². The Kier molecular flexibility index (Phi) is 8.37. The van der Waals surface area contributed by atoms with Crippen LogP contribution in [-0.2, 0) is 10.8 Å². The second-order valence-electron chi connectivity index (χ2n) is 21.5. The Hall–Kier alpha value is -7.54. The molecule has 0 bridgehead atoms. The highest BCUT2D eigenvalue weighted by atomic mass is 32.1. The van der Waals surface area contributed by atoms with Gasteiger partial charge in [0, 0.05) is 70.8 Å². The van der Waals surface area contributed by atoms with Gasteiger partial charge >= 0.3 is 0 Å². The van der Waals surface area contributed by atoms with Gasteiger partial charge in [-0.2, -0.15) is 0 Å². The minimum atomic E-state index is -0.0108. The van der Waals surface area contributed by atoms with Crippen LogP contribution in [-0.4, -0.2) is 11.3 Å². The number of aromatic nitrogens is 1. The molecule has 3 aliphatic rings. The predicted octanol–water partition coefficient (Wildman–Crippen LogP) is 15.9. The van der Waals surface area contributed by atoms with Crippen LogP contribution in [0.5, 0.6) is 0 Å². The van der Waals surface area contributed by atoms with Crippen molar-refractivity contribution < 1.29 is 0 Å². The van der Waals surface area contributed by atoms with Crippen LogP contribution in [0.1, 0.15) is 58.2 Å². The van der Waals surface area contributed by atoms with E-state index >= 15 is 0 Å². The van der Waals surface area contributed by atoms with E-state index in [4.69, 9.17) is 0 Å². The van der Waals surface area contributed by atoms with Crippen molar-refractivity contribution in [1.29, 1.82) is 0 Å². The summed E-state index contributed by atoms with van der Waals surface area (Å²) in [6.45, 7) is 16.0. The molecule has 69 heavy (non-hydrogen) atoms. The van der Waals surface area contributed by atoms with E-state index in [1.165, 1.54) is 109 Å². The number of aryl methyl sites for hydroxylation is 1. The second-order valence-corrected chi connectivity index (χ2v) is 22.6. The van der Waals surface area contributed by atoms with Crippen molar-refractivity contribution in [2.45, 2.75) is 59.3 Å². The molecule has 9 aromatic carbocycles. The van der Waals surface area contributed by atoms with Gasteiger partial charge in [-0.15, -0.1) is 11.3 Å². The van der Waals surface area contributed by atoms with Crippen LogP contribution in [0.2, 0.25) is 0 Å². The molecule has 0 fully saturated rings. The van der Waals surface area contributed by atoms with Gasteiger partial charge in [-0.25, -0.2) is 0 Å². The summed E-state index contributed by atoms with van der Waals surface area (Å²) in [6, 6.07) is 69.5. The van der Waals surface area contributed by atoms with Gasteiger partial charge < -0.3 is 19.3 Å². The van der Waals surface area contributed by atoms with Crippen LogP contribution in [0, 0.1) is 6.92 Å². The monoisotopic (exact) mass is 906 g/mol. The Balaban J connectivity index is 1.05. The molecule has 4 nitrogen and oxygen atoms in total. The van der Waals surface area contributed by atoms with Crippen LogP contribution in [0.15, 0.2) is 182 Å². The first-order chi connectivity index (χ1) is 33.4. The summed E-state index contributed by atoms with van der Waals surface area (Å²) < 4.78 is 5.14. The van der Waals surface area contributed by atoms with E-state index in [1.807, 2.05) is 11.3 Å². The molecular weight excluding hydrogens is 856 g/mol. The number of hydrogen-bond acceptors (Lipinski definition) is 4. The zero-order chi connectivity index (χ0) is 46.7. The molecule has 0 atom stereocenters. The molecular formula is C63H51BN4S. The number of benzene rings is 9. The van der Waals surface area contributed by atoms with Crippen molar-refractivity contribution in [1.82, 2.24) is 4.57 Å². The molecule has 0 saturated carbocycles. The maximum Gasteiger partial charge on any atom is 0.252 e. The normalized spacial score (nSPS) is 13.6. The number of thiophene rings is 1. The van der Waals surface area contributed by atoms with E-state index < -0.39 is 0 Å². The number of rotatable bonds is 4. The third kappa shape index (κ3) is 5.82. The molecule has 3 aliphatic heterocycles. The summed E-state index contributed by atoms with van der Waals surface area (Å²) in [7, 11) is 0. The summed E-state index contributed by atoms with van der Waals surface area (Å²) >= 11 is 1.88. The van der Waals surface area contributed by atoms with E-state index in [0.717, 1.165) is 22.7 Å². The molecule has 6 heteroatoms. The molecule has 0 spiro atoms. The SMILES string of the molecule is Cc1cc2c3c(c1)N1c4c(cccc4-n4c5ccccc5c5cccc1c54)B3c1ccc(N(c3ccc(C(C)(C)C)cc3)c3ccc(C(C)(C)C)cc3)cc1N2c1ccc2c(c1)sc1ccccc12. The highest BCUT2D eigenvalue weighted by Gasteiger charge is 2.46. The van der Waals surface area contributed by atoms with Crippen molar-refractivity contribution in [2.75, 3.05) is 14.7 Å². The van der Waals surface area contributed by atoms with E-state index in [0.29, 0.717) is 0 Å². The average molecular weight is 907 g/mol. The largest absolute Gasteiger partial charge is 0.311 e. The molecule has 0 amide bonds. The lowest BCUT2D eigenvalue weighted by Crippen LogP contribution is -2.61. The summed E-state index contributed by atoms with van der Waals surface area (Å²) in [5, 5.41) is 5.18. The van der Waals surface area contributed by atoms with Gasteiger partial charge in [0.2, 0.25) is 0 Å². The number of nitrogens with zero attached hydrogens (tertiary/aromatic N) is 4.